The molecule has 20 heavy (non-hydrogen) atoms. The quantitative estimate of drug-likeness (QED) is 0.855. The number of rotatable bonds is 4. The van der Waals surface area contributed by atoms with Gasteiger partial charge in [0.15, 0.2) is 0 Å². The second-order valence-electron chi connectivity index (χ2n) is 4.92. The van der Waals surface area contributed by atoms with Gasteiger partial charge in [0.25, 0.3) is 0 Å². The number of nitrogens with zero attached hydrogens (tertiary/aromatic N) is 1. The molecule has 2 N–H and O–H groups in total. The average molecular weight is 292 g/mol. The molecule has 1 fully saturated rings. The highest BCUT2D eigenvalue weighted by Crippen LogP contribution is 2.32. The molecule has 108 valence electrons. The van der Waals surface area contributed by atoms with Gasteiger partial charge in [-0.2, -0.15) is 4.31 Å². The average Bonchev–Trinajstić information content (AvgIpc) is 3.22. The van der Waals surface area contributed by atoms with E-state index < -0.39 is 10.0 Å². The predicted octanol–water partition coefficient (Wildman–Crippen LogP) is 1.48. The first kappa shape index (κ1) is 15.0. The summed E-state index contributed by atoms with van der Waals surface area (Å²) in [7, 11) is -3.39. The van der Waals surface area contributed by atoms with Crippen LogP contribution in [-0.4, -0.2) is 31.9 Å². The molecule has 0 radical (unpaired) electrons. The summed E-state index contributed by atoms with van der Waals surface area (Å²) in [6, 6.07) is 5.27. The molecule has 0 bridgehead atoms. The second kappa shape index (κ2) is 5.96. The molecule has 1 aromatic carbocycles. The maximum absolute atomic E-state index is 12.6. The summed E-state index contributed by atoms with van der Waals surface area (Å²) in [5, 5.41) is 0. The fourth-order valence-corrected chi connectivity index (χ4v) is 3.99. The molecule has 0 unspecified atom stereocenters. The first-order valence-corrected chi connectivity index (χ1v) is 8.26. The highest BCUT2D eigenvalue weighted by atomic mass is 32.2. The lowest BCUT2D eigenvalue weighted by molar-refractivity contribution is 0.421. The molecular weight excluding hydrogens is 272 g/mol. The van der Waals surface area contributed by atoms with Crippen LogP contribution in [-0.2, 0) is 10.0 Å². The van der Waals surface area contributed by atoms with E-state index in [1.807, 2.05) is 13.8 Å². The van der Waals surface area contributed by atoms with Gasteiger partial charge in [-0.3, -0.25) is 0 Å². The van der Waals surface area contributed by atoms with Crippen LogP contribution in [0.4, 0.5) is 0 Å². The first-order chi connectivity index (χ1) is 9.50. The van der Waals surface area contributed by atoms with Crippen LogP contribution in [0.1, 0.15) is 30.9 Å². The Kier molecular flexibility index (Phi) is 4.48. The van der Waals surface area contributed by atoms with Crippen molar-refractivity contribution in [3.8, 4) is 11.8 Å². The monoisotopic (exact) mass is 292 g/mol. The van der Waals surface area contributed by atoms with Crippen molar-refractivity contribution in [3.63, 3.8) is 0 Å². The van der Waals surface area contributed by atoms with Crippen LogP contribution in [0.25, 0.3) is 0 Å². The molecule has 0 atom stereocenters. The second-order valence-corrected chi connectivity index (χ2v) is 6.81. The largest absolute Gasteiger partial charge is 0.320 e. The Balaban J connectivity index is 2.35. The summed E-state index contributed by atoms with van der Waals surface area (Å²) >= 11 is 0. The Labute approximate surface area is 121 Å². The Bertz CT molecular complexity index is 652. The third-order valence-electron chi connectivity index (χ3n) is 3.40. The minimum Gasteiger partial charge on any atom is -0.320 e. The maximum Gasteiger partial charge on any atom is 0.243 e. The zero-order valence-electron chi connectivity index (χ0n) is 11.9. The van der Waals surface area contributed by atoms with E-state index in [0.717, 1.165) is 24.0 Å². The summed E-state index contributed by atoms with van der Waals surface area (Å²) in [4.78, 5) is 0.349. The number of nitrogens with two attached hydrogens (primary N) is 1. The summed E-state index contributed by atoms with van der Waals surface area (Å²) < 4.78 is 26.8. The van der Waals surface area contributed by atoms with E-state index in [4.69, 9.17) is 5.73 Å². The van der Waals surface area contributed by atoms with Crippen molar-refractivity contribution in [2.45, 2.75) is 37.6 Å². The zero-order chi connectivity index (χ0) is 14.8. The molecule has 5 heteroatoms. The molecule has 0 spiro atoms. The highest BCUT2D eigenvalue weighted by molar-refractivity contribution is 7.89. The van der Waals surface area contributed by atoms with Crippen LogP contribution >= 0.6 is 0 Å². The van der Waals surface area contributed by atoms with Crippen LogP contribution in [0.5, 0.6) is 0 Å². The van der Waals surface area contributed by atoms with Crippen molar-refractivity contribution < 1.29 is 8.42 Å². The van der Waals surface area contributed by atoms with Gasteiger partial charge in [0.05, 0.1) is 11.4 Å². The number of hydrogen-bond donors (Lipinski definition) is 1. The van der Waals surface area contributed by atoms with Crippen molar-refractivity contribution in [2.75, 3.05) is 13.1 Å². The van der Waals surface area contributed by atoms with Crippen LogP contribution in [0.2, 0.25) is 0 Å². The van der Waals surface area contributed by atoms with Crippen LogP contribution in [0.3, 0.4) is 0 Å². The summed E-state index contributed by atoms with van der Waals surface area (Å²) in [6.07, 6.45) is 1.93. The molecule has 0 aliphatic heterocycles. The van der Waals surface area contributed by atoms with E-state index in [0.29, 0.717) is 18.0 Å². The van der Waals surface area contributed by atoms with E-state index in [2.05, 4.69) is 11.8 Å². The molecule has 1 saturated carbocycles. The van der Waals surface area contributed by atoms with Gasteiger partial charge in [-0.15, -0.1) is 0 Å². The third-order valence-corrected chi connectivity index (χ3v) is 5.42. The normalized spacial score (nSPS) is 15.0. The van der Waals surface area contributed by atoms with Gasteiger partial charge in [0, 0.05) is 18.2 Å². The van der Waals surface area contributed by atoms with Gasteiger partial charge < -0.3 is 5.73 Å². The number of sulfonamides is 1. The number of benzene rings is 1. The van der Waals surface area contributed by atoms with Gasteiger partial charge in [-0.05, 0) is 43.5 Å². The third kappa shape index (κ3) is 3.04. The van der Waals surface area contributed by atoms with E-state index in [1.54, 1.807) is 22.5 Å². The van der Waals surface area contributed by atoms with Gasteiger partial charge in [0.2, 0.25) is 10.0 Å². The molecule has 1 aromatic rings. The van der Waals surface area contributed by atoms with Crippen molar-refractivity contribution in [1.29, 1.82) is 0 Å². The van der Waals surface area contributed by atoms with Gasteiger partial charge in [0.1, 0.15) is 0 Å². The molecule has 0 aromatic heterocycles. The Hall–Kier alpha value is -1.35. The SMILES string of the molecule is CCN(C1CC1)S(=O)(=O)c1ccc(C#CCN)c(C)c1. The van der Waals surface area contributed by atoms with Crippen molar-refractivity contribution in [1.82, 2.24) is 4.31 Å². The maximum atomic E-state index is 12.6. The van der Waals surface area contributed by atoms with Gasteiger partial charge in [-0.25, -0.2) is 8.42 Å². The predicted molar refractivity (Wildman–Crippen MR) is 79.7 cm³/mol. The standard InChI is InChI=1S/C15H20N2O2S/c1-3-17(14-7-8-14)20(18,19)15-9-6-13(5-4-10-16)12(2)11-15/h6,9,11,14H,3,7-8,10,16H2,1-2H3. The highest BCUT2D eigenvalue weighted by Gasteiger charge is 2.36. The van der Waals surface area contributed by atoms with Crippen LogP contribution in [0, 0.1) is 18.8 Å². The zero-order valence-corrected chi connectivity index (χ0v) is 12.7. The summed E-state index contributed by atoms with van der Waals surface area (Å²) in [5.74, 6) is 5.73. The molecule has 0 heterocycles. The minimum absolute atomic E-state index is 0.182. The van der Waals surface area contributed by atoms with Crippen LogP contribution < -0.4 is 5.73 Å². The lowest BCUT2D eigenvalue weighted by atomic mass is 10.1. The summed E-state index contributed by atoms with van der Waals surface area (Å²) in [5.41, 5.74) is 7.03. The smallest absolute Gasteiger partial charge is 0.243 e. The number of hydrogen-bond acceptors (Lipinski definition) is 3. The van der Waals surface area contributed by atoms with Gasteiger partial charge in [-0.1, -0.05) is 18.8 Å². The van der Waals surface area contributed by atoms with Crippen molar-refractivity contribution in [3.05, 3.63) is 29.3 Å². The first-order valence-electron chi connectivity index (χ1n) is 6.82. The van der Waals surface area contributed by atoms with E-state index in [1.165, 1.54) is 0 Å². The Morgan fingerprint density at radius 2 is 2.10 bits per heavy atom. The van der Waals surface area contributed by atoms with Crippen LogP contribution in [0.15, 0.2) is 23.1 Å². The lowest BCUT2D eigenvalue weighted by Gasteiger charge is -2.20. The molecule has 1 aliphatic carbocycles. The Morgan fingerprint density at radius 3 is 2.60 bits per heavy atom. The van der Waals surface area contributed by atoms with E-state index in [-0.39, 0.29) is 6.04 Å². The Morgan fingerprint density at radius 1 is 1.40 bits per heavy atom. The topological polar surface area (TPSA) is 63.4 Å². The lowest BCUT2D eigenvalue weighted by Crippen LogP contribution is -2.32. The minimum atomic E-state index is -3.39. The molecule has 2 rings (SSSR count). The fourth-order valence-electron chi connectivity index (χ4n) is 2.21. The van der Waals surface area contributed by atoms with Crippen molar-refractivity contribution >= 4 is 10.0 Å². The molecule has 4 nitrogen and oxygen atoms in total. The van der Waals surface area contributed by atoms with E-state index in [9.17, 15) is 8.42 Å². The number of aryl methyl sites for hydroxylation is 1. The molecule has 1 aliphatic rings. The van der Waals surface area contributed by atoms with Gasteiger partial charge >= 0.3 is 0 Å². The molecule has 0 saturated heterocycles. The molecule has 0 amide bonds. The summed E-state index contributed by atoms with van der Waals surface area (Å²) in [6.45, 7) is 4.56. The fraction of sp³-hybridized carbons (Fsp3) is 0.467. The van der Waals surface area contributed by atoms with Crippen molar-refractivity contribution in [2.24, 2.45) is 5.73 Å². The van der Waals surface area contributed by atoms with E-state index >= 15 is 0 Å². The molecular formula is C15H20N2O2S.